The summed E-state index contributed by atoms with van der Waals surface area (Å²) < 4.78 is 5.57. The van der Waals surface area contributed by atoms with Crippen LogP contribution in [0.3, 0.4) is 0 Å². The van der Waals surface area contributed by atoms with Crippen molar-refractivity contribution in [3.05, 3.63) is 59.7 Å². The number of benzene rings is 2. The number of rotatable bonds is 5. The lowest BCUT2D eigenvalue weighted by Crippen LogP contribution is -2.21. The van der Waals surface area contributed by atoms with Gasteiger partial charge in [0, 0.05) is 6.42 Å². The van der Waals surface area contributed by atoms with Gasteiger partial charge in [-0.05, 0) is 23.3 Å². The zero-order valence-electron chi connectivity index (χ0n) is 10.5. The molecule has 19 heavy (non-hydrogen) atoms. The molecule has 0 heterocycles. The molecule has 4 N–H and O–H groups in total. The quantitative estimate of drug-likeness (QED) is 0.716. The molecule has 0 saturated carbocycles. The summed E-state index contributed by atoms with van der Waals surface area (Å²) in [5, 5.41) is 18.9. The van der Waals surface area contributed by atoms with Gasteiger partial charge in [0.25, 0.3) is 0 Å². The number of hydrogen-bond donors (Lipinski definition) is 3. The SMILES string of the molecule is NC(O)Cc1ccc(O)c(OCc2ccccc2)c1. The van der Waals surface area contributed by atoms with E-state index in [0.717, 1.165) is 11.1 Å². The highest BCUT2D eigenvalue weighted by atomic mass is 16.5. The van der Waals surface area contributed by atoms with Crippen LogP contribution in [-0.2, 0) is 13.0 Å². The molecule has 1 unspecified atom stereocenters. The first-order chi connectivity index (χ1) is 9.15. The number of hydrogen-bond acceptors (Lipinski definition) is 4. The summed E-state index contributed by atoms with van der Waals surface area (Å²) in [4.78, 5) is 0. The van der Waals surface area contributed by atoms with Gasteiger partial charge in [0.2, 0.25) is 0 Å². The lowest BCUT2D eigenvalue weighted by molar-refractivity contribution is 0.182. The van der Waals surface area contributed by atoms with E-state index in [1.807, 2.05) is 30.3 Å². The molecular weight excluding hydrogens is 242 g/mol. The minimum atomic E-state index is -0.911. The molecule has 0 aliphatic carbocycles. The van der Waals surface area contributed by atoms with Crippen LogP contribution in [0.4, 0.5) is 0 Å². The Morgan fingerprint density at radius 2 is 1.79 bits per heavy atom. The van der Waals surface area contributed by atoms with Crippen LogP contribution in [0.2, 0.25) is 0 Å². The summed E-state index contributed by atoms with van der Waals surface area (Å²) in [7, 11) is 0. The standard InChI is InChI=1S/C15H17NO3/c16-15(18)9-12-6-7-13(17)14(8-12)19-10-11-4-2-1-3-5-11/h1-8,15,17-18H,9-10,16H2. The third-order valence-electron chi connectivity index (χ3n) is 2.71. The third-order valence-corrected chi connectivity index (χ3v) is 2.71. The Hall–Kier alpha value is -2.04. The van der Waals surface area contributed by atoms with E-state index in [2.05, 4.69) is 0 Å². The molecule has 0 aliphatic rings. The van der Waals surface area contributed by atoms with Gasteiger partial charge < -0.3 is 20.7 Å². The predicted molar refractivity (Wildman–Crippen MR) is 72.8 cm³/mol. The summed E-state index contributed by atoms with van der Waals surface area (Å²) in [6, 6.07) is 14.6. The van der Waals surface area contributed by atoms with E-state index in [-0.39, 0.29) is 5.75 Å². The molecule has 4 heteroatoms. The highest BCUT2D eigenvalue weighted by molar-refractivity contribution is 5.42. The summed E-state index contributed by atoms with van der Waals surface area (Å²) in [5.74, 6) is 0.466. The van der Waals surface area contributed by atoms with Crippen molar-refractivity contribution in [1.29, 1.82) is 0 Å². The number of nitrogens with two attached hydrogens (primary N) is 1. The van der Waals surface area contributed by atoms with Crippen molar-refractivity contribution in [2.75, 3.05) is 0 Å². The van der Waals surface area contributed by atoms with Crippen molar-refractivity contribution in [2.45, 2.75) is 19.3 Å². The number of phenolic OH excluding ortho intramolecular Hbond substituents is 1. The Morgan fingerprint density at radius 1 is 1.05 bits per heavy atom. The van der Waals surface area contributed by atoms with Crippen LogP contribution in [0, 0.1) is 0 Å². The van der Waals surface area contributed by atoms with E-state index >= 15 is 0 Å². The van der Waals surface area contributed by atoms with Gasteiger partial charge in [-0.2, -0.15) is 0 Å². The fourth-order valence-electron chi connectivity index (χ4n) is 1.78. The highest BCUT2D eigenvalue weighted by Gasteiger charge is 2.06. The van der Waals surface area contributed by atoms with Gasteiger partial charge >= 0.3 is 0 Å². The summed E-state index contributed by atoms with van der Waals surface area (Å²) in [6.45, 7) is 0.378. The first-order valence-electron chi connectivity index (χ1n) is 6.07. The molecule has 0 amide bonds. The van der Waals surface area contributed by atoms with Crippen LogP contribution in [0.5, 0.6) is 11.5 Å². The molecule has 1 atom stereocenters. The molecule has 0 bridgehead atoms. The normalized spacial score (nSPS) is 12.1. The Balaban J connectivity index is 2.06. The van der Waals surface area contributed by atoms with Crippen LogP contribution in [0.15, 0.2) is 48.5 Å². The van der Waals surface area contributed by atoms with Crippen molar-refractivity contribution < 1.29 is 14.9 Å². The van der Waals surface area contributed by atoms with Crippen LogP contribution in [0.1, 0.15) is 11.1 Å². The second kappa shape index (κ2) is 6.22. The molecule has 0 aromatic heterocycles. The van der Waals surface area contributed by atoms with Crippen molar-refractivity contribution in [2.24, 2.45) is 5.73 Å². The average Bonchev–Trinajstić information content (AvgIpc) is 2.40. The largest absolute Gasteiger partial charge is 0.504 e. The van der Waals surface area contributed by atoms with Crippen LogP contribution in [-0.4, -0.2) is 16.4 Å². The molecule has 0 spiro atoms. The van der Waals surface area contributed by atoms with E-state index in [1.165, 1.54) is 6.07 Å². The molecule has 0 saturated heterocycles. The first-order valence-corrected chi connectivity index (χ1v) is 6.07. The lowest BCUT2D eigenvalue weighted by atomic mass is 10.1. The second-order valence-electron chi connectivity index (χ2n) is 4.35. The predicted octanol–water partition coefficient (Wildman–Crippen LogP) is 1.79. The van der Waals surface area contributed by atoms with Crippen molar-refractivity contribution in [3.63, 3.8) is 0 Å². The first kappa shape index (κ1) is 13.4. The molecule has 100 valence electrons. The smallest absolute Gasteiger partial charge is 0.161 e. The minimum Gasteiger partial charge on any atom is -0.504 e. The number of aliphatic hydroxyl groups excluding tert-OH is 1. The van der Waals surface area contributed by atoms with Gasteiger partial charge in [0.15, 0.2) is 11.5 Å². The molecule has 0 fully saturated rings. The monoisotopic (exact) mass is 259 g/mol. The van der Waals surface area contributed by atoms with Gasteiger partial charge in [0.05, 0.1) is 0 Å². The topological polar surface area (TPSA) is 75.7 Å². The Kier molecular flexibility index (Phi) is 4.39. The maximum atomic E-state index is 9.73. The summed E-state index contributed by atoms with van der Waals surface area (Å²) in [5.41, 5.74) is 7.17. The number of aromatic hydroxyl groups is 1. The van der Waals surface area contributed by atoms with Crippen LogP contribution in [0.25, 0.3) is 0 Å². The molecule has 0 radical (unpaired) electrons. The average molecular weight is 259 g/mol. The second-order valence-corrected chi connectivity index (χ2v) is 4.35. The number of aliphatic hydroxyl groups is 1. The van der Waals surface area contributed by atoms with E-state index in [1.54, 1.807) is 12.1 Å². The lowest BCUT2D eigenvalue weighted by Gasteiger charge is -2.11. The molecule has 2 aromatic carbocycles. The van der Waals surface area contributed by atoms with Gasteiger partial charge in [0.1, 0.15) is 12.8 Å². The molecule has 0 aliphatic heterocycles. The van der Waals surface area contributed by atoms with Gasteiger partial charge in [-0.25, -0.2) is 0 Å². The maximum absolute atomic E-state index is 9.73. The van der Waals surface area contributed by atoms with Crippen molar-refractivity contribution >= 4 is 0 Å². The Labute approximate surface area is 112 Å². The van der Waals surface area contributed by atoms with Crippen molar-refractivity contribution in [1.82, 2.24) is 0 Å². The highest BCUT2D eigenvalue weighted by Crippen LogP contribution is 2.28. The fraction of sp³-hybridized carbons (Fsp3) is 0.200. The van der Waals surface area contributed by atoms with E-state index in [9.17, 15) is 5.11 Å². The van der Waals surface area contributed by atoms with Crippen molar-refractivity contribution in [3.8, 4) is 11.5 Å². The molecule has 4 nitrogen and oxygen atoms in total. The third kappa shape index (κ3) is 3.98. The molecular formula is C15H17NO3. The molecule has 2 rings (SSSR count). The zero-order valence-corrected chi connectivity index (χ0v) is 10.5. The van der Waals surface area contributed by atoms with Gasteiger partial charge in [-0.1, -0.05) is 36.4 Å². The summed E-state index contributed by atoms with van der Waals surface area (Å²) >= 11 is 0. The summed E-state index contributed by atoms with van der Waals surface area (Å²) in [6.07, 6.45) is -0.589. The molecule has 2 aromatic rings. The Bertz CT molecular complexity index is 526. The van der Waals surface area contributed by atoms with Crippen LogP contribution >= 0.6 is 0 Å². The maximum Gasteiger partial charge on any atom is 0.161 e. The fourth-order valence-corrected chi connectivity index (χ4v) is 1.78. The van der Waals surface area contributed by atoms with E-state index in [4.69, 9.17) is 15.6 Å². The van der Waals surface area contributed by atoms with Crippen LogP contribution < -0.4 is 10.5 Å². The zero-order chi connectivity index (χ0) is 13.7. The Morgan fingerprint density at radius 3 is 2.47 bits per heavy atom. The van der Waals surface area contributed by atoms with E-state index < -0.39 is 6.23 Å². The van der Waals surface area contributed by atoms with Gasteiger partial charge in [-0.15, -0.1) is 0 Å². The van der Waals surface area contributed by atoms with E-state index in [0.29, 0.717) is 18.8 Å². The number of ether oxygens (including phenoxy) is 1. The minimum absolute atomic E-state index is 0.0752. The number of phenols is 1. The van der Waals surface area contributed by atoms with Gasteiger partial charge in [-0.3, -0.25) is 0 Å².